The van der Waals surface area contributed by atoms with Crippen LogP contribution in [0.5, 0.6) is 0 Å². The number of hydrogen-bond acceptors (Lipinski definition) is 5. The second kappa shape index (κ2) is 6.75. The zero-order valence-corrected chi connectivity index (χ0v) is 12.9. The maximum absolute atomic E-state index is 9.66. The predicted molar refractivity (Wildman–Crippen MR) is 88.5 cm³/mol. The molecule has 1 saturated heterocycles. The molecular weight excluding hydrogens is 276 g/mol. The highest BCUT2D eigenvalue weighted by Crippen LogP contribution is 2.22. The fourth-order valence-electron chi connectivity index (χ4n) is 2.71. The van der Waals surface area contributed by atoms with Gasteiger partial charge in [0.25, 0.3) is 0 Å². The lowest BCUT2D eigenvalue weighted by molar-refractivity contribution is 0.199. The van der Waals surface area contributed by atoms with Gasteiger partial charge in [0.05, 0.1) is 6.10 Å². The third-order valence-corrected chi connectivity index (χ3v) is 3.95. The molecule has 1 fully saturated rings. The molecule has 0 aliphatic carbocycles. The number of anilines is 3. The smallest absolute Gasteiger partial charge is 0.229 e. The Morgan fingerprint density at radius 2 is 2.00 bits per heavy atom. The van der Waals surface area contributed by atoms with E-state index in [-0.39, 0.29) is 0 Å². The van der Waals surface area contributed by atoms with Crippen LogP contribution >= 0.6 is 0 Å². The SMILES string of the molecule is CC(O)c1cccc(Nc2nccc(N3CCCCC3)n2)c1. The Labute approximate surface area is 131 Å². The van der Waals surface area contributed by atoms with E-state index in [1.807, 2.05) is 30.3 Å². The number of hydrogen-bond donors (Lipinski definition) is 2. The summed E-state index contributed by atoms with van der Waals surface area (Å²) < 4.78 is 0. The zero-order valence-electron chi connectivity index (χ0n) is 12.9. The minimum Gasteiger partial charge on any atom is -0.389 e. The van der Waals surface area contributed by atoms with Crippen molar-refractivity contribution >= 4 is 17.5 Å². The molecule has 1 unspecified atom stereocenters. The monoisotopic (exact) mass is 298 g/mol. The number of nitrogens with zero attached hydrogens (tertiary/aromatic N) is 3. The van der Waals surface area contributed by atoms with Crippen molar-refractivity contribution in [1.29, 1.82) is 0 Å². The van der Waals surface area contributed by atoms with Gasteiger partial charge in [0.1, 0.15) is 5.82 Å². The average Bonchev–Trinajstić information content (AvgIpc) is 2.56. The number of aromatic nitrogens is 2. The largest absolute Gasteiger partial charge is 0.389 e. The summed E-state index contributed by atoms with van der Waals surface area (Å²) >= 11 is 0. The van der Waals surface area contributed by atoms with Gasteiger partial charge in [0.15, 0.2) is 0 Å². The van der Waals surface area contributed by atoms with Crippen molar-refractivity contribution in [3.05, 3.63) is 42.1 Å². The fraction of sp³-hybridized carbons (Fsp3) is 0.412. The summed E-state index contributed by atoms with van der Waals surface area (Å²) in [6, 6.07) is 9.65. The van der Waals surface area contributed by atoms with Crippen LogP contribution in [0.3, 0.4) is 0 Å². The van der Waals surface area contributed by atoms with E-state index in [4.69, 9.17) is 0 Å². The topological polar surface area (TPSA) is 61.3 Å². The molecule has 0 amide bonds. The van der Waals surface area contributed by atoms with Crippen LogP contribution in [0.2, 0.25) is 0 Å². The van der Waals surface area contributed by atoms with Gasteiger partial charge in [0, 0.05) is 25.0 Å². The average molecular weight is 298 g/mol. The first kappa shape index (κ1) is 14.8. The second-order valence-electron chi connectivity index (χ2n) is 5.71. The van der Waals surface area contributed by atoms with Crippen LogP contribution in [0.15, 0.2) is 36.5 Å². The molecule has 1 aliphatic heterocycles. The van der Waals surface area contributed by atoms with Gasteiger partial charge in [-0.25, -0.2) is 4.98 Å². The molecule has 22 heavy (non-hydrogen) atoms. The van der Waals surface area contributed by atoms with Crippen LogP contribution in [0, 0.1) is 0 Å². The van der Waals surface area contributed by atoms with E-state index in [0.717, 1.165) is 30.2 Å². The highest BCUT2D eigenvalue weighted by Gasteiger charge is 2.12. The number of rotatable bonds is 4. The van der Waals surface area contributed by atoms with E-state index in [1.165, 1.54) is 19.3 Å². The lowest BCUT2D eigenvalue weighted by Gasteiger charge is -2.27. The van der Waals surface area contributed by atoms with Gasteiger partial charge in [-0.3, -0.25) is 0 Å². The van der Waals surface area contributed by atoms with Crippen molar-refractivity contribution in [2.75, 3.05) is 23.3 Å². The normalized spacial score (nSPS) is 16.4. The Bertz CT molecular complexity index is 624. The molecule has 1 aromatic carbocycles. The van der Waals surface area contributed by atoms with Crippen LogP contribution in [0.4, 0.5) is 17.5 Å². The van der Waals surface area contributed by atoms with Crippen molar-refractivity contribution in [1.82, 2.24) is 9.97 Å². The third-order valence-electron chi connectivity index (χ3n) is 3.95. The van der Waals surface area contributed by atoms with Crippen molar-refractivity contribution in [2.45, 2.75) is 32.3 Å². The molecule has 5 nitrogen and oxygen atoms in total. The molecule has 2 N–H and O–H groups in total. The van der Waals surface area contributed by atoms with Crippen LogP contribution in [0.1, 0.15) is 37.9 Å². The molecule has 3 rings (SSSR count). The second-order valence-corrected chi connectivity index (χ2v) is 5.71. The Kier molecular flexibility index (Phi) is 4.53. The summed E-state index contributed by atoms with van der Waals surface area (Å²) in [5, 5.41) is 12.9. The molecule has 0 saturated carbocycles. The fourth-order valence-corrected chi connectivity index (χ4v) is 2.71. The van der Waals surface area contributed by atoms with Gasteiger partial charge in [-0.05, 0) is 49.9 Å². The first-order chi connectivity index (χ1) is 10.7. The van der Waals surface area contributed by atoms with Crippen LogP contribution in [-0.2, 0) is 0 Å². The lowest BCUT2D eigenvalue weighted by Crippen LogP contribution is -2.30. The highest BCUT2D eigenvalue weighted by atomic mass is 16.3. The molecule has 2 heterocycles. The zero-order chi connectivity index (χ0) is 15.4. The summed E-state index contributed by atoms with van der Waals surface area (Å²) in [6.45, 7) is 3.88. The Morgan fingerprint density at radius 3 is 2.77 bits per heavy atom. The van der Waals surface area contributed by atoms with E-state index >= 15 is 0 Å². The lowest BCUT2D eigenvalue weighted by atomic mass is 10.1. The molecule has 2 aromatic rings. The van der Waals surface area contributed by atoms with Gasteiger partial charge in [0.2, 0.25) is 5.95 Å². The van der Waals surface area contributed by atoms with Gasteiger partial charge < -0.3 is 15.3 Å². The van der Waals surface area contributed by atoms with Crippen molar-refractivity contribution < 1.29 is 5.11 Å². The van der Waals surface area contributed by atoms with Crippen molar-refractivity contribution in [3.8, 4) is 0 Å². The van der Waals surface area contributed by atoms with E-state index in [0.29, 0.717) is 5.95 Å². The third kappa shape index (κ3) is 3.54. The summed E-state index contributed by atoms with van der Waals surface area (Å²) in [7, 11) is 0. The molecule has 116 valence electrons. The molecule has 0 radical (unpaired) electrons. The molecule has 1 atom stereocenters. The van der Waals surface area contributed by atoms with Gasteiger partial charge >= 0.3 is 0 Å². The number of piperidine rings is 1. The number of benzene rings is 1. The summed E-state index contributed by atoms with van der Waals surface area (Å²) in [5.74, 6) is 1.56. The van der Waals surface area contributed by atoms with Gasteiger partial charge in [-0.2, -0.15) is 4.98 Å². The minimum absolute atomic E-state index is 0.484. The summed E-state index contributed by atoms with van der Waals surface area (Å²) in [4.78, 5) is 11.2. The van der Waals surface area contributed by atoms with Crippen molar-refractivity contribution in [3.63, 3.8) is 0 Å². The first-order valence-corrected chi connectivity index (χ1v) is 7.85. The predicted octanol–water partition coefficient (Wildman–Crippen LogP) is 3.26. The number of aliphatic hydroxyl groups is 1. The quantitative estimate of drug-likeness (QED) is 0.907. The Balaban J connectivity index is 1.76. The van der Waals surface area contributed by atoms with Crippen LogP contribution in [0.25, 0.3) is 0 Å². The van der Waals surface area contributed by atoms with E-state index < -0.39 is 6.10 Å². The van der Waals surface area contributed by atoms with E-state index in [2.05, 4.69) is 20.2 Å². The summed E-state index contributed by atoms with van der Waals surface area (Å²) in [6.07, 6.45) is 5.06. The molecule has 1 aromatic heterocycles. The Morgan fingerprint density at radius 1 is 1.18 bits per heavy atom. The molecule has 0 bridgehead atoms. The first-order valence-electron chi connectivity index (χ1n) is 7.85. The number of nitrogens with one attached hydrogen (secondary N) is 1. The maximum Gasteiger partial charge on any atom is 0.229 e. The molecule has 5 heteroatoms. The van der Waals surface area contributed by atoms with Crippen LogP contribution < -0.4 is 10.2 Å². The Hall–Kier alpha value is -2.14. The maximum atomic E-state index is 9.66. The summed E-state index contributed by atoms with van der Waals surface area (Å²) in [5.41, 5.74) is 1.76. The molecular formula is C17H22N4O. The minimum atomic E-state index is -0.484. The van der Waals surface area contributed by atoms with Gasteiger partial charge in [-0.1, -0.05) is 12.1 Å². The molecule has 1 aliphatic rings. The standard InChI is InChI=1S/C17H22N4O/c1-13(22)14-6-5-7-15(12-14)19-17-18-9-8-16(20-17)21-10-3-2-4-11-21/h5-9,12-13,22H,2-4,10-11H2,1H3,(H,18,19,20). The van der Waals surface area contributed by atoms with E-state index in [1.54, 1.807) is 13.1 Å². The molecule has 0 spiro atoms. The van der Waals surface area contributed by atoms with Crippen molar-refractivity contribution in [2.24, 2.45) is 0 Å². The highest BCUT2D eigenvalue weighted by molar-refractivity contribution is 5.56. The van der Waals surface area contributed by atoms with Crippen LogP contribution in [-0.4, -0.2) is 28.2 Å². The van der Waals surface area contributed by atoms with Gasteiger partial charge in [-0.15, -0.1) is 0 Å². The number of aliphatic hydroxyl groups excluding tert-OH is 1. The van der Waals surface area contributed by atoms with E-state index in [9.17, 15) is 5.11 Å².